The summed E-state index contributed by atoms with van der Waals surface area (Å²) in [5, 5.41) is 0. The van der Waals surface area contributed by atoms with Gasteiger partial charge >= 0.3 is 0 Å². The van der Waals surface area contributed by atoms with Crippen LogP contribution in [-0.4, -0.2) is 49.1 Å². The van der Waals surface area contributed by atoms with E-state index in [0.29, 0.717) is 59.4 Å². The van der Waals surface area contributed by atoms with E-state index in [2.05, 4.69) is 0 Å². The van der Waals surface area contributed by atoms with Crippen molar-refractivity contribution in [2.45, 2.75) is 63.6 Å². The van der Waals surface area contributed by atoms with Crippen LogP contribution < -0.4 is 9.80 Å². The summed E-state index contributed by atoms with van der Waals surface area (Å²) < 4.78 is 11.9. The molecule has 2 aliphatic rings. The molecule has 1 aromatic heterocycles. The summed E-state index contributed by atoms with van der Waals surface area (Å²) in [6.45, 7) is 0.691. The van der Waals surface area contributed by atoms with Gasteiger partial charge < -0.3 is 19.3 Å². The molecule has 5 aromatic rings. The first-order chi connectivity index (χ1) is 23.6. The highest BCUT2D eigenvalue weighted by Gasteiger charge is 2.27. The fourth-order valence-electron chi connectivity index (χ4n) is 6.62. The summed E-state index contributed by atoms with van der Waals surface area (Å²) in [5.74, 6) is 0.0843. The van der Waals surface area contributed by atoms with E-state index in [1.54, 1.807) is 14.2 Å². The molecule has 248 valence electrons. The van der Waals surface area contributed by atoms with Crippen LogP contribution in [0.4, 0.5) is 11.4 Å². The smallest absolute Gasteiger partial charge is 0.227 e. The molecule has 2 atom stereocenters. The normalized spacial score (nSPS) is 16.5. The molecule has 0 saturated carbocycles. The maximum Gasteiger partial charge on any atom is 0.227 e. The average molecular weight is 645 g/mol. The number of carbonyl (C=O) groups is 2. The Labute approximate surface area is 282 Å². The number of para-hydroxylation sites is 2. The van der Waals surface area contributed by atoms with E-state index in [-0.39, 0.29) is 24.0 Å². The van der Waals surface area contributed by atoms with Gasteiger partial charge in [-0.05, 0) is 48.2 Å². The molecule has 0 radical (unpaired) electrons. The minimum Gasteiger partial charge on any atom is -0.375 e. The predicted octanol–water partition coefficient (Wildman–Crippen LogP) is 8.36. The maximum atomic E-state index is 14.0. The molecule has 48 heavy (non-hydrogen) atoms. The first kappa shape index (κ1) is 33.2. The number of anilines is 2. The lowest BCUT2D eigenvalue weighted by Crippen LogP contribution is -2.36. The molecule has 2 aliphatic heterocycles. The van der Waals surface area contributed by atoms with Crippen LogP contribution in [0, 0.1) is 0 Å². The number of aromatic nitrogens is 2. The van der Waals surface area contributed by atoms with Gasteiger partial charge in [0.05, 0.1) is 35.5 Å². The standard InChI is InChI=1S/C40H44N4O4/c1-47-35(29-17-9-7-10-18-29)27-43-33-23-15-21-31-39(33)41-32-22-16-24-34(40(32)42-31)44(28-36(48-2)30-19-11-8-12-20-30)38(46)26-14-6-4-3-5-13-25-37(43)45/h7-12,15-24,35-36H,3-6,13-14,25-28H2,1-2H3/t35-,36-/m0/s1. The zero-order chi connectivity index (χ0) is 33.3. The van der Waals surface area contributed by atoms with Crippen molar-refractivity contribution in [1.29, 1.82) is 0 Å². The highest BCUT2D eigenvalue weighted by Crippen LogP contribution is 2.34. The molecular weight excluding hydrogens is 600 g/mol. The molecule has 8 nitrogen and oxygen atoms in total. The molecule has 0 unspecified atom stereocenters. The number of nitrogens with zero attached hydrogens (tertiary/aromatic N) is 4. The number of methoxy groups -OCH3 is 2. The van der Waals surface area contributed by atoms with Gasteiger partial charge in [-0.15, -0.1) is 0 Å². The molecule has 0 spiro atoms. The molecular formula is C40H44N4O4. The minimum atomic E-state index is -0.318. The van der Waals surface area contributed by atoms with Gasteiger partial charge in [0.1, 0.15) is 23.2 Å². The van der Waals surface area contributed by atoms with Gasteiger partial charge in [0.2, 0.25) is 11.8 Å². The number of amides is 2. The van der Waals surface area contributed by atoms with Crippen LogP contribution in [-0.2, 0) is 19.1 Å². The monoisotopic (exact) mass is 644 g/mol. The van der Waals surface area contributed by atoms with Crippen LogP contribution in [0.25, 0.3) is 22.1 Å². The molecule has 8 heteroatoms. The Balaban J connectivity index is 1.47. The van der Waals surface area contributed by atoms with Crippen molar-refractivity contribution in [2.24, 2.45) is 0 Å². The van der Waals surface area contributed by atoms with Crippen LogP contribution >= 0.6 is 0 Å². The van der Waals surface area contributed by atoms with E-state index >= 15 is 0 Å². The highest BCUT2D eigenvalue weighted by molar-refractivity contribution is 6.06. The van der Waals surface area contributed by atoms with Crippen molar-refractivity contribution >= 4 is 45.3 Å². The van der Waals surface area contributed by atoms with Crippen molar-refractivity contribution in [2.75, 3.05) is 37.1 Å². The fraction of sp³-hybridized carbons (Fsp3) is 0.350. The number of rotatable bonds is 8. The van der Waals surface area contributed by atoms with Crippen molar-refractivity contribution in [3.05, 3.63) is 108 Å². The molecule has 0 fully saturated rings. The molecule has 0 saturated heterocycles. The van der Waals surface area contributed by atoms with Crippen molar-refractivity contribution < 1.29 is 19.1 Å². The zero-order valence-electron chi connectivity index (χ0n) is 27.9. The second kappa shape index (κ2) is 16.0. The Morgan fingerprint density at radius 1 is 0.542 bits per heavy atom. The Hall–Kier alpha value is -4.66. The molecule has 0 aliphatic carbocycles. The van der Waals surface area contributed by atoms with E-state index in [1.165, 1.54) is 0 Å². The number of benzene rings is 4. The van der Waals surface area contributed by atoms with Crippen LogP contribution in [0.2, 0.25) is 0 Å². The van der Waals surface area contributed by atoms with Gasteiger partial charge in [0, 0.05) is 27.1 Å². The number of hydrogen-bond acceptors (Lipinski definition) is 6. The van der Waals surface area contributed by atoms with Gasteiger partial charge in [0.25, 0.3) is 0 Å². The maximum absolute atomic E-state index is 14.0. The summed E-state index contributed by atoms with van der Waals surface area (Å²) in [4.78, 5) is 42.0. The third kappa shape index (κ3) is 7.56. The average Bonchev–Trinajstić information content (AvgIpc) is 3.13. The van der Waals surface area contributed by atoms with Crippen molar-refractivity contribution in [1.82, 2.24) is 9.97 Å². The van der Waals surface area contributed by atoms with Crippen molar-refractivity contribution in [3.8, 4) is 0 Å². The first-order valence-corrected chi connectivity index (χ1v) is 17.0. The number of carbonyl (C=O) groups excluding carboxylic acids is 2. The quantitative estimate of drug-likeness (QED) is 0.158. The molecule has 4 aromatic carbocycles. The first-order valence-electron chi connectivity index (χ1n) is 17.0. The summed E-state index contributed by atoms with van der Waals surface area (Å²) in [5.41, 5.74) is 5.98. The Morgan fingerprint density at radius 3 is 1.33 bits per heavy atom. The van der Waals surface area contributed by atoms with Gasteiger partial charge in [0.15, 0.2) is 0 Å². The Morgan fingerprint density at radius 2 is 0.938 bits per heavy atom. The summed E-state index contributed by atoms with van der Waals surface area (Å²) in [6.07, 6.45) is 5.79. The highest BCUT2D eigenvalue weighted by atomic mass is 16.5. The molecule has 0 N–H and O–H groups in total. The van der Waals surface area contributed by atoms with Crippen LogP contribution in [0.5, 0.6) is 0 Å². The van der Waals surface area contributed by atoms with Crippen molar-refractivity contribution in [3.63, 3.8) is 0 Å². The largest absolute Gasteiger partial charge is 0.375 e. The van der Waals surface area contributed by atoms with Gasteiger partial charge in [-0.25, -0.2) is 9.97 Å². The molecule has 7 rings (SSSR count). The van der Waals surface area contributed by atoms with Gasteiger partial charge in [-0.2, -0.15) is 0 Å². The van der Waals surface area contributed by atoms with Crippen LogP contribution in [0.3, 0.4) is 0 Å². The van der Waals surface area contributed by atoms with E-state index in [9.17, 15) is 9.59 Å². The third-order valence-corrected chi connectivity index (χ3v) is 9.27. The lowest BCUT2D eigenvalue weighted by Gasteiger charge is -2.29. The van der Waals surface area contributed by atoms with E-state index in [4.69, 9.17) is 19.4 Å². The summed E-state index contributed by atoms with van der Waals surface area (Å²) >= 11 is 0. The second-order valence-electron chi connectivity index (χ2n) is 12.4. The predicted molar refractivity (Wildman–Crippen MR) is 191 cm³/mol. The third-order valence-electron chi connectivity index (χ3n) is 9.27. The van der Waals surface area contributed by atoms with Gasteiger partial charge in [-0.1, -0.05) is 98.5 Å². The number of fused-ring (bicyclic) bond motifs is 11. The number of hydrogen-bond donors (Lipinski definition) is 0. The van der Waals surface area contributed by atoms with E-state index in [1.807, 2.05) is 107 Å². The number of ether oxygens (including phenoxy) is 2. The SMILES string of the molecule is CO[C@@H](CN1C(=O)CCCCCCCCC(=O)N(C[C@H](OC)c2ccccc2)c2cccc3nc4c1cccc4nc23)c1ccccc1. The molecule has 3 heterocycles. The lowest BCUT2D eigenvalue weighted by molar-refractivity contribution is -0.120. The van der Waals surface area contributed by atoms with E-state index in [0.717, 1.165) is 49.7 Å². The fourth-order valence-corrected chi connectivity index (χ4v) is 6.62. The van der Waals surface area contributed by atoms with Crippen LogP contribution in [0.15, 0.2) is 97.1 Å². The topological polar surface area (TPSA) is 84.9 Å². The molecule has 2 amide bonds. The van der Waals surface area contributed by atoms with Gasteiger partial charge in [-0.3, -0.25) is 9.59 Å². The van der Waals surface area contributed by atoms with Crippen LogP contribution in [0.1, 0.15) is 74.7 Å². The summed E-state index contributed by atoms with van der Waals surface area (Å²) in [6, 6.07) is 31.6. The van der Waals surface area contributed by atoms with E-state index < -0.39 is 0 Å². The zero-order valence-corrected chi connectivity index (χ0v) is 27.9. The minimum absolute atomic E-state index is 0.0422. The Bertz CT molecular complexity index is 1700. The Kier molecular flexibility index (Phi) is 11.1. The second-order valence-corrected chi connectivity index (χ2v) is 12.4. The molecule has 6 bridgehead atoms. The summed E-state index contributed by atoms with van der Waals surface area (Å²) in [7, 11) is 3.36. The lowest BCUT2D eigenvalue weighted by atomic mass is 10.0.